The summed E-state index contributed by atoms with van der Waals surface area (Å²) in [5.74, 6) is 0. The van der Waals surface area contributed by atoms with Gasteiger partial charge in [-0.05, 0) is 88.5 Å². The minimum Gasteiger partial charge on any atom is -0.311 e. The third kappa shape index (κ3) is 4.89. The molecule has 8 aromatic carbocycles. The van der Waals surface area contributed by atoms with Gasteiger partial charge in [-0.2, -0.15) is 0 Å². The van der Waals surface area contributed by atoms with Crippen LogP contribution >= 0.6 is 0 Å². The van der Waals surface area contributed by atoms with Gasteiger partial charge < -0.3 is 9.47 Å². The average molecular weight is 712 g/mol. The average Bonchev–Trinajstić information content (AvgIpc) is 3.58. The Balaban J connectivity index is 1.21. The highest BCUT2D eigenvalue weighted by Crippen LogP contribution is 2.55. The van der Waals surface area contributed by atoms with Gasteiger partial charge in [0.15, 0.2) is 4.90 Å². The Bertz CT molecular complexity index is 2760. The molecule has 0 bridgehead atoms. The maximum absolute atomic E-state index is 2.52. The van der Waals surface area contributed by atoms with Crippen LogP contribution < -0.4 is 4.90 Å². The molecule has 1 unspecified atom stereocenters. The van der Waals surface area contributed by atoms with E-state index in [9.17, 15) is 0 Å². The van der Waals surface area contributed by atoms with Crippen LogP contribution in [0.4, 0.5) is 17.1 Å². The van der Waals surface area contributed by atoms with E-state index in [-0.39, 0.29) is 10.9 Å². The summed E-state index contributed by atoms with van der Waals surface area (Å²) >= 11 is 0. The molecule has 0 radical (unpaired) electrons. The van der Waals surface area contributed by atoms with E-state index < -0.39 is 5.41 Å². The van der Waals surface area contributed by atoms with E-state index in [1.807, 2.05) is 0 Å². The topological polar surface area (TPSA) is 8.17 Å². The highest BCUT2D eigenvalue weighted by atomic mass is 32.2. The largest absolute Gasteiger partial charge is 0.311 e. The lowest BCUT2D eigenvalue weighted by molar-refractivity contribution is 0.712. The molecule has 1 aliphatic rings. The van der Waals surface area contributed by atoms with Gasteiger partial charge in [0.1, 0.15) is 12.5 Å². The zero-order valence-corrected chi connectivity index (χ0v) is 31.2. The van der Waals surface area contributed by atoms with E-state index >= 15 is 0 Å². The molecule has 9 aromatic rings. The van der Waals surface area contributed by atoms with E-state index in [1.165, 1.54) is 65.8 Å². The second kappa shape index (κ2) is 13.0. The molecular formula is C51H39N2S+. The Morgan fingerprint density at radius 3 is 1.76 bits per heavy atom. The number of hydrogen-bond acceptors (Lipinski definition) is 1. The molecule has 0 amide bonds. The lowest BCUT2D eigenvalue weighted by Crippen LogP contribution is -2.36. The van der Waals surface area contributed by atoms with Crippen molar-refractivity contribution in [2.24, 2.45) is 0 Å². The Kier molecular flexibility index (Phi) is 7.78. The number of fused-ring (bicyclic) bond motifs is 5. The van der Waals surface area contributed by atoms with Crippen LogP contribution in [0.5, 0.6) is 0 Å². The third-order valence-electron chi connectivity index (χ3n) is 11.2. The molecule has 54 heavy (non-hydrogen) atoms. The summed E-state index contributed by atoms with van der Waals surface area (Å²) in [5.41, 5.74) is 14.2. The first-order valence-corrected chi connectivity index (χ1v) is 20.6. The quantitative estimate of drug-likeness (QED) is 0.149. The van der Waals surface area contributed by atoms with Crippen LogP contribution in [0, 0.1) is 0 Å². The summed E-state index contributed by atoms with van der Waals surface area (Å²) in [6.07, 6.45) is 4.70. The van der Waals surface area contributed by atoms with E-state index in [4.69, 9.17) is 0 Å². The fraction of sp³-hybridized carbons (Fsp3) is 0.0588. The SMILES string of the molecule is C[S+](C)c1ccccc1C1(c2cccc(-c3ccc(N(c4ccccc4)c4ccccc4)cc3)c2)c2ccccc2-n2c3ccccc3c3cccc1c32. The molecule has 0 saturated heterocycles. The number of aromatic nitrogens is 1. The van der Waals surface area contributed by atoms with Gasteiger partial charge in [0.25, 0.3) is 0 Å². The van der Waals surface area contributed by atoms with Crippen LogP contribution in [0.25, 0.3) is 38.6 Å². The van der Waals surface area contributed by atoms with Gasteiger partial charge in [-0.25, -0.2) is 0 Å². The van der Waals surface area contributed by atoms with Crippen molar-refractivity contribution in [2.75, 3.05) is 17.4 Å². The van der Waals surface area contributed by atoms with Crippen LogP contribution in [0.15, 0.2) is 205 Å². The Morgan fingerprint density at radius 2 is 1.02 bits per heavy atom. The fourth-order valence-corrected chi connectivity index (χ4v) is 9.94. The molecule has 0 N–H and O–H groups in total. The monoisotopic (exact) mass is 711 g/mol. The molecule has 10 rings (SSSR count). The summed E-state index contributed by atoms with van der Waals surface area (Å²) in [7, 11) is 0.0175. The van der Waals surface area contributed by atoms with Gasteiger partial charge in [0.2, 0.25) is 0 Å². The normalized spacial score (nSPS) is 14.7. The molecule has 0 fully saturated rings. The fourth-order valence-electron chi connectivity index (χ4n) is 8.93. The van der Waals surface area contributed by atoms with E-state index in [0.29, 0.717) is 0 Å². The smallest absolute Gasteiger partial charge is 0.159 e. The molecule has 1 aliphatic heterocycles. The van der Waals surface area contributed by atoms with Crippen LogP contribution in [0.3, 0.4) is 0 Å². The minimum atomic E-state index is -0.554. The van der Waals surface area contributed by atoms with Crippen molar-refractivity contribution in [2.45, 2.75) is 10.3 Å². The van der Waals surface area contributed by atoms with Crippen LogP contribution in [0.1, 0.15) is 22.3 Å². The number of rotatable bonds is 7. The molecule has 0 aliphatic carbocycles. The highest BCUT2D eigenvalue weighted by Gasteiger charge is 2.48. The summed E-state index contributed by atoms with van der Waals surface area (Å²) in [5, 5.41) is 2.58. The van der Waals surface area contributed by atoms with Crippen molar-refractivity contribution in [3.05, 3.63) is 222 Å². The highest BCUT2D eigenvalue weighted by molar-refractivity contribution is 7.95. The first kappa shape index (κ1) is 32.4. The van der Waals surface area contributed by atoms with Gasteiger partial charge in [0, 0.05) is 44.3 Å². The molecule has 1 aromatic heterocycles. The predicted molar refractivity (Wildman–Crippen MR) is 230 cm³/mol. The zero-order valence-electron chi connectivity index (χ0n) is 30.4. The molecule has 258 valence electrons. The van der Waals surface area contributed by atoms with E-state index in [2.05, 4.69) is 222 Å². The van der Waals surface area contributed by atoms with Crippen LogP contribution in [0.2, 0.25) is 0 Å². The maximum atomic E-state index is 2.52. The van der Waals surface area contributed by atoms with Crippen LogP contribution in [-0.2, 0) is 16.3 Å². The lowest BCUT2D eigenvalue weighted by atomic mass is 9.63. The second-order valence-electron chi connectivity index (χ2n) is 14.3. The van der Waals surface area contributed by atoms with Crippen molar-refractivity contribution < 1.29 is 0 Å². The van der Waals surface area contributed by atoms with Gasteiger partial charge in [0.05, 0.1) is 22.1 Å². The van der Waals surface area contributed by atoms with Crippen molar-refractivity contribution in [1.29, 1.82) is 0 Å². The summed E-state index contributed by atoms with van der Waals surface area (Å²) < 4.78 is 2.52. The number of hydrogen-bond donors (Lipinski definition) is 0. The molecule has 0 spiro atoms. The van der Waals surface area contributed by atoms with Crippen molar-refractivity contribution in [1.82, 2.24) is 4.57 Å². The number of benzene rings is 8. The van der Waals surface area contributed by atoms with Gasteiger partial charge in [-0.1, -0.05) is 140 Å². The van der Waals surface area contributed by atoms with Gasteiger partial charge in [-0.3, -0.25) is 0 Å². The Labute approximate surface area is 319 Å². The van der Waals surface area contributed by atoms with Gasteiger partial charge in [-0.15, -0.1) is 0 Å². The Hall–Kier alpha value is -6.29. The van der Waals surface area contributed by atoms with E-state index in [0.717, 1.165) is 17.1 Å². The number of anilines is 3. The maximum Gasteiger partial charge on any atom is 0.159 e. The standard InChI is InChI=1S/C51H39N2S/c1-54(2)49-30-14-11-26-45(49)51(44-25-10-13-29-48(44)53-47-28-12-9-23-42(47)43-24-16-27-46(51)50(43)53)38-18-15-17-37(35-38)36-31-33-41(34-32-36)52(39-19-5-3-6-20-39)40-21-7-4-8-22-40/h3-35H,1-2H3/q+1. The number of para-hydroxylation sites is 5. The molecule has 1 atom stereocenters. The molecule has 0 saturated carbocycles. The molecule has 2 nitrogen and oxygen atoms in total. The van der Waals surface area contributed by atoms with Crippen LogP contribution in [-0.4, -0.2) is 17.1 Å². The minimum absolute atomic E-state index is 0.0175. The van der Waals surface area contributed by atoms with Gasteiger partial charge >= 0.3 is 0 Å². The van der Waals surface area contributed by atoms with Crippen molar-refractivity contribution >= 4 is 49.8 Å². The second-order valence-corrected chi connectivity index (χ2v) is 16.3. The summed E-state index contributed by atoms with van der Waals surface area (Å²) in [4.78, 5) is 3.71. The Morgan fingerprint density at radius 1 is 0.444 bits per heavy atom. The number of nitrogens with zero attached hydrogens (tertiary/aromatic N) is 2. The third-order valence-corrected chi connectivity index (χ3v) is 12.4. The van der Waals surface area contributed by atoms with Crippen molar-refractivity contribution in [3.8, 4) is 16.8 Å². The molecule has 3 heteroatoms. The van der Waals surface area contributed by atoms with Crippen molar-refractivity contribution in [3.63, 3.8) is 0 Å². The lowest BCUT2D eigenvalue weighted by Gasteiger charge is -2.42. The summed E-state index contributed by atoms with van der Waals surface area (Å²) in [6.45, 7) is 0. The zero-order chi connectivity index (χ0) is 36.2. The predicted octanol–water partition coefficient (Wildman–Crippen LogP) is 12.9. The first-order valence-electron chi connectivity index (χ1n) is 18.6. The molecular weight excluding hydrogens is 673 g/mol. The first-order chi connectivity index (χ1) is 26.6. The molecule has 2 heterocycles. The summed E-state index contributed by atoms with van der Waals surface area (Å²) in [6, 6.07) is 73.7. The van der Waals surface area contributed by atoms with E-state index in [1.54, 1.807) is 0 Å².